The van der Waals surface area contributed by atoms with Gasteiger partial charge in [-0.3, -0.25) is 0 Å². The summed E-state index contributed by atoms with van der Waals surface area (Å²) in [7, 11) is 1.55. The highest BCUT2D eigenvalue weighted by Crippen LogP contribution is 2.23. The number of nitrogens with zero attached hydrogens (tertiary/aromatic N) is 1. The first-order valence-corrected chi connectivity index (χ1v) is 7.54. The van der Waals surface area contributed by atoms with Gasteiger partial charge < -0.3 is 20.1 Å². The number of anilines is 2. The topological polar surface area (TPSA) is 83.4 Å². The Labute approximate surface area is 141 Å². The molecule has 0 bridgehead atoms. The number of nitriles is 1. The van der Waals surface area contributed by atoms with Gasteiger partial charge in [-0.15, -0.1) is 0 Å². The Morgan fingerprint density at radius 3 is 2.79 bits per heavy atom. The number of carbonyl (C=O) groups excluding carboxylic acids is 1. The number of urea groups is 1. The van der Waals surface area contributed by atoms with E-state index in [4.69, 9.17) is 14.7 Å². The molecule has 6 heteroatoms. The largest absolute Gasteiger partial charge is 0.495 e. The van der Waals surface area contributed by atoms with Crippen LogP contribution in [0.5, 0.6) is 11.5 Å². The lowest BCUT2D eigenvalue weighted by molar-refractivity contribution is 0.262. The number of amides is 2. The Morgan fingerprint density at radius 1 is 1.17 bits per heavy atom. The lowest BCUT2D eigenvalue weighted by Crippen LogP contribution is -2.19. The molecule has 0 spiro atoms. The highest BCUT2D eigenvalue weighted by atomic mass is 16.5. The molecule has 0 aromatic heterocycles. The van der Waals surface area contributed by atoms with Gasteiger partial charge in [0.1, 0.15) is 11.5 Å². The van der Waals surface area contributed by atoms with Crippen LogP contribution in [-0.2, 0) is 0 Å². The van der Waals surface area contributed by atoms with Gasteiger partial charge in [0.05, 0.1) is 25.5 Å². The van der Waals surface area contributed by atoms with Crippen LogP contribution >= 0.6 is 0 Å². The summed E-state index contributed by atoms with van der Waals surface area (Å²) in [5.74, 6) is 1.23. The fraction of sp³-hybridized carbons (Fsp3) is 0.222. The minimum absolute atomic E-state index is 0.374. The van der Waals surface area contributed by atoms with Gasteiger partial charge in [0.2, 0.25) is 0 Å². The van der Waals surface area contributed by atoms with Crippen LogP contribution in [0.15, 0.2) is 48.5 Å². The van der Waals surface area contributed by atoms with Crippen LogP contribution in [0.4, 0.5) is 16.2 Å². The van der Waals surface area contributed by atoms with E-state index in [0.717, 1.165) is 0 Å². The molecule has 0 aliphatic heterocycles. The van der Waals surface area contributed by atoms with E-state index < -0.39 is 0 Å². The monoisotopic (exact) mass is 325 g/mol. The number of hydrogen-bond acceptors (Lipinski definition) is 4. The normalized spacial score (nSPS) is 9.67. The van der Waals surface area contributed by atoms with Gasteiger partial charge in [-0.25, -0.2) is 4.79 Å². The highest BCUT2D eigenvalue weighted by Gasteiger charge is 2.07. The summed E-state index contributed by atoms with van der Waals surface area (Å²) >= 11 is 0. The summed E-state index contributed by atoms with van der Waals surface area (Å²) in [4.78, 5) is 12.1. The molecule has 124 valence electrons. The molecule has 2 rings (SSSR count). The highest BCUT2D eigenvalue weighted by molar-refractivity contribution is 6.00. The number of nitrogens with one attached hydrogen (secondary N) is 2. The third-order valence-corrected chi connectivity index (χ3v) is 3.15. The van der Waals surface area contributed by atoms with Crippen molar-refractivity contribution >= 4 is 17.4 Å². The molecule has 0 fully saturated rings. The van der Waals surface area contributed by atoms with E-state index >= 15 is 0 Å². The Morgan fingerprint density at radius 2 is 2.00 bits per heavy atom. The summed E-state index contributed by atoms with van der Waals surface area (Å²) in [6.45, 7) is 0.463. The summed E-state index contributed by atoms with van der Waals surface area (Å²) in [5.41, 5.74) is 1.20. The van der Waals surface area contributed by atoms with Gasteiger partial charge in [-0.1, -0.05) is 18.2 Å². The second-order valence-electron chi connectivity index (χ2n) is 4.92. The van der Waals surface area contributed by atoms with Crippen molar-refractivity contribution in [2.24, 2.45) is 0 Å². The number of benzene rings is 2. The molecule has 0 saturated carbocycles. The zero-order valence-electron chi connectivity index (χ0n) is 13.4. The van der Waals surface area contributed by atoms with Gasteiger partial charge in [-0.2, -0.15) is 5.26 Å². The number of para-hydroxylation sites is 2. The smallest absolute Gasteiger partial charge is 0.323 e. The number of unbranched alkanes of at least 4 members (excludes halogenated alkanes) is 1. The second-order valence-corrected chi connectivity index (χ2v) is 4.92. The van der Waals surface area contributed by atoms with Crippen molar-refractivity contribution in [3.8, 4) is 17.6 Å². The first kappa shape index (κ1) is 17.2. The summed E-state index contributed by atoms with van der Waals surface area (Å²) < 4.78 is 10.7. The quantitative estimate of drug-likeness (QED) is 0.753. The van der Waals surface area contributed by atoms with E-state index in [1.807, 2.05) is 12.1 Å². The third kappa shape index (κ3) is 5.21. The van der Waals surface area contributed by atoms with Crippen LogP contribution < -0.4 is 20.1 Å². The number of methoxy groups -OCH3 is 1. The van der Waals surface area contributed by atoms with Crippen LogP contribution in [0.1, 0.15) is 12.8 Å². The van der Waals surface area contributed by atoms with Crippen LogP contribution in [0.2, 0.25) is 0 Å². The lowest BCUT2D eigenvalue weighted by Gasteiger charge is -2.12. The molecular formula is C18H19N3O3. The first-order chi connectivity index (χ1) is 11.7. The van der Waals surface area contributed by atoms with Crippen molar-refractivity contribution in [3.05, 3.63) is 48.5 Å². The molecule has 0 heterocycles. The maximum atomic E-state index is 12.1. The Kier molecular flexibility index (Phi) is 6.47. The molecule has 2 N–H and O–H groups in total. The second kappa shape index (κ2) is 9.06. The first-order valence-electron chi connectivity index (χ1n) is 7.54. The van der Waals surface area contributed by atoms with Gasteiger partial charge in [0.25, 0.3) is 0 Å². The predicted octanol–water partition coefficient (Wildman–Crippen LogP) is 4.02. The van der Waals surface area contributed by atoms with Gasteiger partial charge in [-0.05, 0) is 30.7 Å². The SMILES string of the molecule is COc1ccccc1NC(=O)Nc1cccc(OCCCC#N)c1. The fourth-order valence-corrected chi connectivity index (χ4v) is 2.04. The predicted molar refractivity (Wildman–Crippen MR) is 92.4 cm³/mol. The molecule has 0 atom stereocenters. The number of carbonyl (C=O) groups is 1. The minimum Gasteiger partial charge on any atom is -0.495 e. The van der Waals surface area contributed by atoms with E-state index in [1.165, 1.54) is 0 Å². The molecule has 2 aromatic carbocycles. The average molecular weight is 325 g/mol. The summed E-state index contributed by atoms with van der Waals surface area (Å²) in [5, 5.41) is 14.0. The van der Waals surface area contributed by atoms with Crippen molar-refractivity contribution in [2.45, 2.75) is 12.8 Å². The van der Waals surface area contributed by atoms with Crippen LogP contribution in [0, 0.1) is 11.3 Å². The maximum Gasteiger partial charge on any atom is 0.323 e. The molecular weight excluding hydrogens is 306 g/mol. The zero-order chi connectivity index (χ0) is 17.2. The Balaban J connectivity index is 1.93. The number of hydrogen-bond donors (Lipinski definition) is 2. The van der Waals surface area contributed by atoms with Crippen molar-refractivity contribution in [2.75, 3.05) is 24.4 Å². The Bertz CT molecular complexity index is 725. The molecule has 0 unspecified atom stereocenters. The molecule has 2 amide bonds. The van der Waals surface area contributed by atoms with Crippen LogP contribution in [0.25, 0.3) is 0 Å². The van der Waals surface area contributed by atoms with E-state index in [2.05, 4.69) is 16.7 Å². The molecule has 0 aliphatic rings. The molecule has 2 aromatic rings. The van der Waals surface area contributed by atoms with Gasteiger partial charge >= 0.3 is 6.03 Å². The van der Waals surface area contributed by atoms with Gasteiger partial charge in [0.15, 0.2) is 0 Å². The van der Waals surface area contributed by atoms with E-state index in [1.54, 1.807) is 43.5 Å². The van der Waals surface area contributed by atoms with Gasteiger partial charge in [0, 0.05) is 18.2 Å². The van der Waals surface area contributed by atoms with Crippen molar-refractivity contribution in [1.82, 2.24) is 0 Å². The van der Waals surface area contributed by atoms with Crippen molar-refractivity contribution in [3.63, 3.8) is 0 Å². The average Bonchev–Trinajstić information content (AvgIpc) is 2.59. The Hall–Kier alpha value is -3.20. The molecule has 24 heavy (non-hydrogen) atoms. The zero-order valence-corrected chi connectivity index (χ0v) is 13.4. The van der Waals surface area contributed by atoms with Crippen LogP contribution in [-0.4, -0.2) is 19.7 Å². The number of rotatable bonds is 7. The van der Waals surface area contributed by atoms with E-state index in [0.29, 0.717) is 42.3 Å². The molecule has 0 aliphatic carbocycles. The van der Waals surface area contributed by atoms with Crippen molar-refractivity contribution < 1.29 is 14.3 Å². The lowest BCUT2D eigenvalue weighted by atomic mass is 10.3. The molecule has 0 saturated heterocycles. The van der Waals surface area contributed by atoms with Crippen molar-refractivity contribution in [1.29, 1.82) is 5.26 Å². The summed E-state index contributed by atoms with van der Waals surface area (Å²) in [6, 6.07) is 16.0. The maximum absolute atomic E-state index is 12.1. The van der Waals surface area contributed by atoms with E-state index in [9.17, 15) is 4.79 Å². The molecule has 6 nitrogen and oxygen atoms in total. The fourth-order valence-electron chi connectivity index (χ4n) is 2.04. The standard InChI is InChI=1S/C18H19N3O3/c1-23-17-10-3-2-9-16(17)21-18(22)20-14-7-6-8-15(13-14)24-12-5-4-11-19/h2-3,6-10,13H,4-5,12H2,1H3,(H2,20,21,22). The third-order valence-electron chi connectivity index (χ3n) is 3.15. The minimum atomic E-state index is -0.374. The van der Waals surface area contributed by atoms with Crippen LogP contribution in [0.3, 0.4) is 0 Å². The number of ether oxygens (including phenoxy) is 2. The van der Waals surface area contributed by atoms with E-state index in [-0.39, 0.29) is 6.03 Å². The molecule has 0 radical (unpaired) electrons. The summed E-state index contributed by atoms with van der Waals surface area (Å²) in [6.07, 6.45) is 1.13.